The molecule has 2 aliphatic rings. The number of nitrogens with zero attached hydrogens (tertiary/aromatic N) is 2. The van der Waals surface area contributed by atoms with Crippen LogP contribution in [-0.2, 0) is 10.2 Å². The van der Waals surface area contributed by atoms with E-state index in [4.69, 9.17) is 4.74 Å². The molecule has 1 amide bonds. The van der Waals surface area contributed by atoms with Crippen molar-refractivity contribution in [2.75, 3.05) is 33.8 Å². The van der Waals surface area contributed by atoms with Crippen molar-refractivity contribution in [3.8, 4) is 5.75 Å². The largest absolute Gasteiger partial charge is 0.496 e. The molecule has 2 N–H and O–H groups in total. The van der Waals surface area contributed by atoms with Crippen LogP contribution in [0.4, 0.5) is 0 Å². The second-order valence-electron chi connectivity index (χ2n) is 7.98. The molecular weight excluding hydrogens is 467 g/mol. The topological polar surface area (TPSA) is 66.0 Å². The van der Waals surface area contributed by atoms with E-state index in [0.717, 1.165) is 50.6 Å². The number of halogens is 1. The zero-order chi connectivity index (χ0) is 19.4. The molecule has 1 aliphatic heterocycles. The summed E-state index contributed by atoms with van der Waals surface area (Å²) in [5.41, 5.74) is 1.39. The Labute approximate surface area is 185 Å². The lowest BCUT2D eigenvalue weighted by Crippen LogP contribution is -2.47. The molecule has 156 valence electrons. The van der Waals surface area contributed by atoms with Crippen LogP contribution in [0.25, 0.3) is 0 Å². The Balaban J connectivity index is 0.00000280. The zero-order valence-corrected chi connectivity index (χ0v) is 19.7. The first-order valence-corrected chi connectivity index (χ1v) is 9.88. The van der Waals surface area contributed by atoms with Crippen LogP contribution in [0.2, 0.25) is 0 Å². The molecule has 7 heteroatoms. The maximum Gasteiger partial charge on any atom is 0.225 e. The molecule has 1 aromatic rings. The monoisotopic (exact) mass is 500 g/mol. The van der Waals surface area contributed by atoms with Gasteiger partial charge in [0.25, 0.3) is 0 Å². The normalized spacial score (nSPS) is 20.5. The average Bonchev–Trinajstić information content (AvgIpc) is 3.34. The Kier molecular flexibility index (Phi) is 7.97. The summed E-state index contributed by atoms with van der Waals surface area (Å²) in [6.45, 7) is 6.30. The number of para-hydroxylation sites is 1. The maximum absolute atomic E-state index is 12.2. The molecular formula is C21H33IN4O2. The van der Waals surface area contributed by atoms with Crippen LogP contribution in [-0.4, -0.2) is 56.6 Å². The Bertz CT molecular complexity index is 703. The van der Waals surface area contributed by atoms with Crippen molar-refractivity contribution in [2.45, 2.75) is 44.6 Å². The number of benzene rings is 1. The first kappa shape index (κ1) is 22.8. The number of hydrogen-bond acceptors (Lipinski definition) is 3. The van der Waals surface area contributed by atoms with Crippen LogP contribution in [0.1, 0.15) is 38.7 Å². The average molecular weight is 500 g/mol. The van der Waals surface area contributed by atoms with E-state index in [0.29, 0.717) is 0 Å². The lowest BCUT2D eigenvalue weighted by molar-refractivity contribution is -0.133. The Morgan fingerprint density at radius 1 is 1.36 bits per heavy atom. The van der Waals surface area contributed by atoms with Gasteiger partial charge in [0.2, 0.25) is 5.91 Å². The van der Waals surface area contributed by atoms with Gasteiger partial charge in [0, 0.05) is 49.6 Å². The van der Waals surface area contributed by atoms with Gasteiger partial charge in [-0.25, -0.2) is 0 Å². The molecule has 0 aromatic heterocycles. The molecule has 28 heavy (non-hydrogen) atoms. The number of aliphatic imine (C=N–C) groups is 1. The van der Waals surface area contributed by atoms with Crippen LogP contribution in [0.3, 0.4) is 0 Å². The number of carbonyl (C=O) groups excluding carboxylic acids is 1. The highest BCUT2D eigenvalue weighted by atomic mass is 127. The van der Waals surface area contributed by atoms with Gasteiger partial charge in [-0.3, -0.25) is 9.79 Å². The molecule has 1 saturated carbocycles. The molecule has 3 rings (SSSR count). The van der Waals surface area contributed by atoms with Crippen LogP contribution in [0, 0.1) is 5.92 Å². The zero-order valence-electron chi connectivity index (χ0n) is 17.3. The van der Waals surface area contributed by atoms with Crippen molar-refractivity contribution in [3.63, 3.8) is 0 Å². The third kappa shape index (κ3) is 5.10. The van der Waals surface area contributed by atoms with E-state index in [2.05, 4.69) is 27.8 Å². The van der Waals surface area contributed by atoms with Gasteiger partial charge in [-0.1, -0.05) is 32.0 Å². The molecule has 1 aliphatic carbocycles. The Morgan fingerprint density at radius 3 is 2.68 bits per heavy atom. The Morgan fingerprint density at radius 2 is 2.07 bits per heavy atom. The Hall–Kier alpha value is -1.51. The van der Waals surface area contributed by atoms with E-state index >= 15 is 0 Å². The molecule has 0 radical (unpaired) electrons. The van der Waals surface area contributed by atoms with Crippen LogP contribution in [0.15, 0.2) is 29.3 Å². The second-order valence-corrected chi connectivity index (χ2v) is 7.98. The van der Waals surface area contributed by atoms with Gasteiger partial charge in [0.1, 0.15) is 5.75 Å². The summed E-state index contributed by atoms with van der Waals surface area (Å²) in [6, 6.07) is 8.53. The number of ether oxygens (including phenoxy) is 1. The van der Waals surface area contributed by atoms with Crippen LogP contribution in [0.5, 0.6) is 5.75 Å². The first-order chi connectivity index (χ1) is 13.0. The number of likely N-dealkylation sites (tertiary alicyclic amines) is 1. The number of nitrogens with one attached hydrogen (secondary N) is 2. The molecule has 0 bridgehead atoms. The van der Waals surface area contributed by atoms with E-state index in [1.165, 1.54) is 5.56 Å². The fraction of sp³-hybridized carbons (Fsp3) is 0.619. The summed E-state index contributed by atoms with van der Waals surface area (Å²) in [4.78, 5) is 18.5. The third-order valence-electron chi connectivity index (χ3n) is 5.68. The highest BCUT2D eigenvalue weighted by Gasteiger charge is 2.46. The predicted octanol–water partition coefficient (Wildman–Crippen LogP) is 2.77. The molecule has 6 nitrogen and oxygen atoms in total. The second kappa shape index (κ2) is 9.80. The van der Waals surface area contributed by atoms with E-state index in [1.807, 2.05) is 30.9 Å². The lowest BCUT2D eigenvalue weighted by atomic mass is 9.95. The number of guanidine groups is 1. The standard InChI is InChI=1S/C21H32N4O2.HI/c1-15(2)19(26)25-12-9-16(13-25)24-20(22-3)23-14-21(10-11-21)17-7-5-6-8-18(17)27-4;/h5-8,15-16H,9-14H2,1-4H3,(H2,22,23,24);1H. The van der Waals surface area contributed by atoms with Crippen molar-refractivity contribution in [2.24, 2.45) is 10.9 Å². The maximum atomic E-state index is 12.2. The third-order valence-corrected chi connectivity index (χ3v) is 5.68. The first-order valence-electron chi connectivity index (χ1n) is 9.88. The summed E-state index contributed by atoms with van der Waals surface area (Å²) in [5, 5.41) is 6.98. The number of rotatable bonds is 6. The van der Waals surface area contributed by atoms with Crippen molar-refractivity contribution in [3.05, 3.63) is 29.8 Å². The van der Waals surface area contributed by atoms with Gasteiger partial charge in [-0.15, -0.1) is 24.0 Å². The molecule has 1 heterocycles. The van der Waals surface area contributed by atoms with Gasteiger partial charge in [0.05, 0.1) is 7.11 Å². The molecule has 1 unspecified atom stereocenters. The van der Waals surface area contributed by atoms with Crippen LogP contribution >= 0.6 is 24.0 Å². The number of carbonyl (C=O) groups is 1. The molecule has 1 saturated heterocycles. The highest BCUT2D eigenvalue weighted by molar-refractivity contribution is 14.0. The van der Waals surface area contributed by atoms with Crippen molar-refractivity contribution >= 4 is 35.8 Å². The van der Waals surface area contributed by atoms with Gasteiger partial charge in [0.15, 0.2) is 5.96 Å². The van der Waals surface area contributed by atoms with Gasteiger partial charge in [-0.05, 0) is 25.3 Å². The number of amides is 1. The van der Waals surface area contributed by atoms with Gasteiger partial charge in [-0.2, -0.15) is 0 Å². The number of methoxy groups -OCH3 is 1. The summed E-state index contributed by atoms with van der Waals surface area (Å²) in [7, 11) is 3.52. The number of hydrogen-bond donors (Lipinski definition) is 2. The minimum Gasteiger partial charge on any atom is -0.496 e. The van der Waals surface area contributed by atoms with E-state index < -0.39 is 0 Å². The lowest BCUT2D eigenvalue weighted by Gasteiger charge is -2.23. The fourth-order valence-electron chi connectivity index (χ4n) is 3.86. The molecule has 2 fully saturated rings. The highest BCUT2D eigenvalue weighted by Crippen LogP contribution is 2.50. The SMILES string of the molecule is CN=C(NCC1(c2ccccc2OC)CC1)NC1CCN(C(=O)C(C)C)C1.I. The van der Waals surface area contributed by atoms with Crippen molar-refractivity contribution in [1.82, 2.24) is 15.5 Å². The molecule has 0 spiro atoms. The summed E-state index contributed by atoms with van der Waals surface area (Å²) < 4.78 is 5.55. The molecule has 1 aromatic carbocycles. The minimum absolute atomic E-state index is 0. The minimum atomic E-state index is 0. The summed E-state index contributed by atoms with van der Waals surface area (Å²) in [6.07, 6.45) is 3.26. The fourth-order valence-corrected chi connectivity index (χ4v) is 3.86. The van der Waals surface area contributed by atoms with Crippen molar-refractivity contribution < 1.29 is 9.53 Å². The van der Waals surface area contributed by atoms with Crippen LogP contribution < -0.4 is 15.4 Å². The summed E-state index contributed by atoms with van der Waals surface area (Å²) in [5.74, 6) is 2.05. The van der Waals surface area contributed by atoms with Gasteiger partial charge < -0.3 is 20.3 Å². The van der Waals surface area contributed by atoms with E-state index in [9.17, 15) is 4.79 Å². The van der Waals surface area contributed by atoms with E-state index in [-0.39, 0.29) is 47.3 Å². The molecule has 1 atom stereocenters. The van der Waals surface area contributed by atoms with E-state index in [1.54, 1.807) is 14.2 Å². The van der Waals surface area contributed by atoms with Gasteiger partial charge >= 0.3 is 0 Å². The predicted molar refractivity (Wildman–Crippen MR) is 124 cm³/mol. The smallest absolute Gasteiger partial charge is 0.225 e. The summed E-state index contributed by atoms with van der Waals surface area (Å²) >= 11 is 0. The van der Waals surface area contributed by atoms with Crippen molar-refractivity contribution in [1.29, 1.82) is 0 Å². The quantitative estimate of drug-likeness (QED) is 0.358.